The molecule has 4 aliphatic rings. The zero-order valence-electron chi connectivity index (χ0n) is 19.6. The van der Waals surface area contributed by atoms with Gasteiger partial charge in [-0.25, -0.2) is 4.98 Å². The second-order valence-electron chi connectivity index (χ2n) is 11.5. The van der Waals surface area contributed by atoms with Crippen LogP contribution in [0, 0.1) is 28.6 Å². The SMILES string of the molecule is CN1C(=O)C=C[C@]2(C)C3CC[C@]4(C)[C@@H](c5nc6cc(Cl)ccc6n5C)CC[C@H]4C3CC[C@@H]12. The number of carbonyl (C=O) groups is 1. The highest BCUT2D eigenvalue weighted by Gasteiger charge is 2.61. The number of halogens is 1. The molecular formula is C27H34ClN3O. The van der Waals surface area contributed by atoms with Gasteiger partial charge < -0.3 is 9.47 Å². The second kappa shape index (κ2) is 6.85. The van der Waals surface area contributed by atoms with Gasteiger partial charge in [0, 0.05) is 36.5 Å². The van der Waals surface area contributed by atoms with E-state index in [0.717, 1.165) is 28.8 Å². The molecule has 2 unspecified atom stereocenters. The molecule has 4 nitrogen and oxygen atoms in total. The normalized spacial score (nSPS) is 41.0. The number of rotatable bonds is 1. The summed E-state index contributed by atoms with van der Waals surface area (Å²) in [5, 5.41) is 0.757. The van der Waals surface area contributed by atoms with Gasteiger partial charge in [0.2, 0.25) is 5.91 Å². The average Bonchev–Trinajstić information content (AvgIpc) is 3.27. The van der Waals surface area contributed by atoms with Crippen LogP contribution < -0.4 is 0 Å². The summed E-state index contributed by atoms with van der Waals surface area (Å²) >= 11 is 6.26. The lowest BCUT2D eigenvalue weighted by Gasteiger charge is -2.60. The number of nitrogens with zero attached hydrogens (tertiary/aromatic N) is 3. The van der Waals surface area contributed by atoms with Crippen molar-refractivity contribution in [3.63, 3.8) is 0 Å². The Morgan fingerprint density at radius 2 is 1.88 bits per heavy atom. The Morgan fingerprint density at radius 1 is 1.06 bits per heavy atom. The number of aryl methyl sites for hydroxylation is 1. The first-order valence-corrected chi connectivity index (χ1v) is 12.7. The molecule has 3 aliphatic carbocycles. The van der Waals surface area contributed by atoms with Crippen molar-refractivity contribution >= 4 is 28.5 Å². The van der Waals surface area contributed by atoms with Gasteiger partial charge >= 0.3 is 0 Å². The highest BCUT2D eigenvalue weighted by Crippen LogP contribution is 2.67. The predicted molar refractivity (Wildman–Crippen MR) is 129 cm³/mol. The Morgan fingerprint density at radius 3 is 2.69 bits per heavy atom. The Kier molecular flexibility index (Phi) is 4.45. The summed E-state index contributed by atoms with van der Waals surface area (Å²) in [5.41, 5.74) is 2.60. The summed E-state index contributed by atoms with van der Waals surface area (Å²) in [5.74, 6) is 4.08. The van der Waals surface area contributed by atoms with Crippen LogP contribution in [0.1, 0.15) is 64.1 Å². The molecule has 0 bridgehead atoms. The van der Waals surface area contributed by atoms with Gasteiger partial charge in [-0.05, 0) is 86.0 Å². The van der Waals surface area contributed by atoms with E-state index in [2.05, 4.69) is 37.6 Å². The van der Waals surface area contributed by atoms with Gasteiger partial charge in [0.15, 0.2) is 0 Å². The molecule has 0 spiro atoms. The highest BCUT2D eigenvalue weighted by atomic mass is 35.5. The predicted octanol–water partition coefficient (Wildman–Crippen LogP) is 5.95. The van der Waals surface area contributed by atoms with Crippen LogP contribution in [0.15, 0.2) is 30.4 Å². The molecule has 170 valence electrons. The molecule has 7 atom stereocenters. The summed E-state index contributed by atoms with van der Waals surface area (Å²) < 4.78 is 2.32. The maximum Gasteiger partial charge on any atom is 0.246 e. The molecule has 0 radical (unpaired) electrons. The minimum Gasteiger partial charge on any atom is -0.338 e. The van der Waals surface area contributed by atoms with E-state index in [1.165, 1.54) is 43.4 Å². The van der Waals surface area contributed by atoms with Crippen molar-refractivity contribution in [2.45, 2.75) is 64.3 Å². The third kappa shape index (κ3) is 2.62. The summed E-state index contributed by atoms with van der Waals surface area (Å²) in [6.45, 7) is 4.98. The Labute approximate surface area is 196 Å². The number of benzene rings is 1. The number of hydrogen-bond acceptors (Lipinski definition) is 2. The molecule has 3 saturated carbocycles. The summed E-state index contributed by atoms with van der Waals surface area (Å²) in [6.07, 6.45) is 11.5. The zero-order chi connectivity index (χ0) is 22.4. The topological polar surface area (TPSA) is 38.1 Å². The molecule has 3 fully saturated rings. The lowest BCUT2D eigenvalue weighted by molar-refractivity contribution is -0.138. The number of hydrogen-bond donors (Lipinski definition) is 0. The molecule has 1 aliphatic heterocycles. The van der Waals surface area contributed by atoms with Crippen LogP contribution in [-0.2, 0) is 11.8 Å². The standard InChI is InChI=1S/C27H34ClN3O/c1-26-13-11-19-17(6-10-23-27(19,2)14-12-24(32)31(23)4)18(26)7-8-20(26)25-29-21-15-16(28)5-9-22(21)30(25)3/h5,9,12,14-15,17-20,23H,6-8,10-11,13H2,1-4H3/t17?,18-,19?,20+,23+,26-,27+/m0/s1. The third-order valence-corrected chi connectivity index (χ3v) is 10.6. The zero-order valence-corrected chi connectivity index (χ0v) is 20.4. The first kappa shape index (κ1) is 20.8. The van der Waals surface area contributed by atoms with Gasteiger partial charge in [-0.2, -0.15) is 0 Å². The van der Waals surface area contributed by atoms with E-state index in [9.17, 15) is 4.79 Å². The van der Waals surface area contributed by atoms with Gasteiger partial charge in [-0.3, -0.25) is 4.79 Å². The molecule has 1 aromatic heterocycles. The molecular weight excluding hydrogens is 418 g/mol. The fourth-order valence-electron chi connectivity index (χ4n) is 8.67. The van der Waals surface area contributed by atoms with Crippen LogP contribution in [0.2, 0.25) is 5.02 Å². The lowest BCUT2D eigenvalue weighted by Crippen LogP contribution is -2.59. The van der Waals surface area contributed by atoms with Crippen LogP contribution >= 0.6 is 11.6 Å². The highest BCUT2D eigenvalue weighted by molar-refractivity contribution is 6.31. The quantitative estimate of drug-likeness (QED) is 0.537. The van der Waals surface area contributed by atoms with Gasteiger partial charge in [-0.15, -0.1) is 0 Å². The molecule has 5 heteroatoms. The molecule has 1 amide bonds. The van der Waals surface area contributed by atoms with Crippen molar-refractivity contribution in [1.29, 1.82) is 0 Å². The third-order valence-electron chi connectivity index (χ3n) is 10.3. The number of likely N-dealkylation sites (N-methyl/N-ethyl adjacent to an activating group) is 1. The Balaban J connectivity index is 1.35. The van der Waals surface area contributed by atoms with Gasteiger partial charge in [-0.1, -0.05) is 31.5 Å². The monoisotopic (exact) mass is 451 g/mol. The minimum absolute atomic E-state index is 0.111. The van der Waals surface area contributed by atoms with Crippen molar-refractivity contribution < 1.29 is 4.79 Å². The molecule has 2 aromatic rings. The molecule has 0 N–H and O–H groups in total. The number of carbonyl (C=O) groups excluding carboxylic acids is 1. The van der Waals surface area contributed by atoms with Crippen molar-refractivity contribution in [2.24, 2.45) is 35.6 Å². The van der Waals surface area contributed by atoms with E-state index >= 15 is 0 Å². The van der Waals surface area contributed by atoms with Crippen LogP contribution in [-0.4, -0.2) is 33.4 Å². The van der Waals surface area contributed by atoms with E-state index in [-0.39, 0.29) is 11.3 Å². The minimum atomic E-state index is 0.111. The molecule has 1 aromatic carbocycles. The Bertz CT molecular complexity index is 1140. The van der Waals surface area contributed by atoms with Gasteiger partial charge in [0.05, 0.1) is 11.0 Å². The number of aromatic nitrogens is 2. The molecule has 32 heavy (non-hydrogen) atoms. The molecule has 2 heterocycles. The fourth-order valence-corrected chi connectivity index (χ4v) is 8.83. The van der Waals surface area contributed by atoms with Crippen molar-refractivity contribution in [3.05, 3.63) is 41.2 Å². The van der Waals surface area contributed by atoms with Crippen LogP contribution in [0.4, 0.5) is 0 Å². The first-order valence-electron chi connectivity index (χ1n) is 12.3. The van der Waals surface area contributed by atoms with Gasteiger partial charge in [0.1, 0.15) is 5.82 Å². The maximum atomic E-state index is 12.3. The summed E-state index contributed by atoms with van der Waals surface area (Å²) in [6, 6.07) is 6.43. The van der Waals surface area contributed by atoms with Crippen molar-refractivity contribution in [2.75, 3.05) is 7.05 Å². The van der Waals surface area contributed by atoms with Crippen molar-refractivity contribution in [3.8, 4) is 0 Å². The van der Waals surface area contributed by atoms with E-state index in [4.69, 9.17) is 16.6 Å². The maximum absolute atomic E-state index is 12.3. The second-order valence-corrected chi connectivity index (χ2v) is 11.9. The fraction of sp³-hybridized carbons (Fsp3) is 0.630. The van der Waals surface area contributed by atoms with Gasteiger partial charge in [0.25, 0.3) is 0 Å². The van der Waals surface area contributed by atoms with E-state index in [1.54, 1.807) is 0 Å². The average molecular weight is 452 g/mol. The molecule has 6 rings (SSSR count). The van der Waals surface area contributed by atoms with E-state index in [1.807, 2.05) is 30.2 Å². The van der Waals surface area contributed by atoms with Crippen LogP contribution in [0.25, 0.3) is 11.0 Å². The van der Waals surface area contributed by atoms with Crippen LogP contribution in [0.3, 0.4) is 0 Å². The first-order chi connectivity index (χ1) is 15.2. The van der Waals surface area contributed by atoms with E-state index < -0.39 is 0 Å². The lowest BCUT2D eigenvalue weighted by atomic mass is 9.47. The van der Waals surface area contributed by atoms with Crippen LogP contribution in [0.5, 0.6) is 0 Å². The van der Waals surface area contributed by atoms with Crippen molar-refractivity contribution in [1.82, 2.24) is 14.5 Å². The number of fused-ring (bicyclic) bond motifs is 6. The smallest absolute Gasteiger partial charge is 0.246 e. The largest absolute Gasteiger partial charge is 0.338 e. The summed E-state index contributed by atoms with van der Waals surface area (Å²) in [4.78, 5) is 19.5. The Hall–Kier alpha value is -1.81. The number of amides is 1. The number of imidazole rings is 1. The van der Waals surface area contributed by atoms with E-state index in [0.29, 0.717) is 23.3 Å². The molecule has 0 saturated heterocycles. The summed E-state index contributed by atoms with van der Waals surface area (Å²) in [7, 11) is 4.18.